The first-order valence-corrected chi connectivity index (χ1v) is 14.2. The molecule has 10 heteroatoms. The average Bonchev–Trinajstić information content (AvgIpc) is 3.36. The third-order valence-corrected chi connectivity index (χ3v) is 9.10. The van der Waals surface area contributed by atoms with Crippen LogP contribution in [-0.2, 0) is 30.8 Å². The van der Waals surface area contributed by atoms with Crippen molar-refractivity contribution in [2.24, 2.45) is 5.92 Å². The number of hydrogen-bond acceptors (Lipinski definition) is 5. The van der Waals surface area contributed by atoms with E-state index in [2.05, 4.69) is 4.72 Å². The molecule has 1 aromatic carbocycles. The Bertz CT molecular complexity index is 1030. The molecule has 0 bridgehead atoms. The molecule has 2 amide bonds. The van der Waals surface area contributed by atoms with Crippen LogP contribution in [0.2, 0.25) is 5.02 Å². The number of carbonyl (C=O) groups excluding carboxylic acids is 2. The number of ether oxygens (including phenoxy) is 1. The standard InChI is InChI=1S/C24H34ClN3O5S/c1-3-16(2)22(24(30)27-10-12-33-13-11-27)28-9-8-21(23(28)29)26-34(31,32)15-18-5-4-17-14-19(25)6-7-20(17)18/h6-7,14,16,18,21-22,26H,3-5,8-13,15H2,1-2H3/t16-,18?,21-,22-/m0/s1. The fraction of sp³-hybridized carbons (Fsp3) is 0.667. The summed E-state index contributed by atoms with van der Waals surface area (Å²) in [6.45, 7) is 6.34. The zero-order valence-corrected chi connectivity index (χ0v) is 21.4. The third kappa shape index (κ3) is 5.42. The molecule has 1 aliphatic carbocycles. The molecule has 0 saturated carbocycles. The molecule has 0 radical (unpaired) electrons. The normalized spacial score (nSPS) is 24.9. The number of sulfonamides is 1. The number of halogens is 1. The summed E-state index contributed by atoms with van der Waals surface area (Å²) < 4.78 is 34.0. The van der Waals surface area contributed by atoms with Gasteiger partial charge in [0.2, 0.25) is 21.8 Å². The van der Waals surface area contributed by atoms with Crippen LogP contribution in [0.5, 0.6) is 0 Å². The van der Waals surface area contributed by atoms with E-state index in [1.54, 1.807) is 15.9 Å². The number of fused-ring (bicyclic) bond motifs is 1. The summed E-state index contributed by atoms with van der Waals surface area (Å²) in [6, 6.07) is 4.17. The van der Waals surface area contributed by atoms with Crippen LogP contribution < -0.4 is 4.72 Å². The number of nitrogens with one attached hydrogen (secondary N) is 1. The molecule has 0 aromatic heterocycles. The van der Waals surface area contributed by atoms with Crippen LogP contribution in [0.15, 0.2) is 18.2 Å². The van der Waals surface area contributed by atoms with Crippen LogP contribution in [-0.4, -0.2) is 80.7 Å². The van der Waals surface area contributed by atoms with Gasteiger partial charge in [-0.15, -0.1) is 0 Å². The third-order valence-electron chi connectivity index (χ3n) is 7.38. The molecule has 1 aromatic rings. The number of likely N-dealkylation sites (tertiary alicyclic amines) is 1. The Balaban J connectivity index is 1.43. The van der Waals surface area contributed by atoms with Crippen LogP contribution in [0, 0.1) is 5.92 Å². The number of aryl methyl sites for hydroxylation is 1. The van der Waals surface area contributed by atoms with Crippen molar-refractivity contribution in [2.75, 3.05) is 38.6 Å². The molecule has 2 heterocycles. The molecule has 1 N–H and O–H groups in total. The molecule has 2 aliphatic heterocycles. The highest BCUT2D eigenvalue weighted by Crippen LogP contribution is 2.35. The first-order valence-electron chi connectivity index (χ1n) is 12.2. The van der Waals surface area contributed by atoms with Gasteiger partial charge in [0.1, 0.15) is 12.1 Å². The van der Waals surface area contributed by atoms with Gasteiger partial charge >= 0.3 is 0 Å². The number of benzene rings is 1. The predicted molar refractivity (Wildman–Crippen MR) is 130 cm³/mol. The Labute approximate surface area is 207 Å². The molecule has 188 valence electrons. The molecule has 8 nitrogen and oxygen atoms in total. The van der Waals surface area contributed by atoms with Crippen molar-refractivity contribution in [2.45, 2.75) is 57.5 Å². The lowest BCUT2D eigenvalue weighted by Gasteiger charge is -2.37. The van der Waals surface area contributed by atoms with E-state index in [0.717, 1.165) is 30.4 Å². The molecule has 4 rings (SSSR count). The van der Waals surface area contributed by atoms with Crippen molar-refractivity contribution in [3.8, 4) is 0 Å². The van der Waals surface area contributed by atoms with E-state index in [1.807, 2.05) is 26.0 Å². The second kappa shape index (κ2) is 10.5. The number of nitrogens with zero attached hydrogens (tertiary/aromatic N) is 2. The van der Waals surface area contributed by atoms with Crippen molar-refractivity contribution in [1.29, 1.82) is 0 Å². The van der Waals surface area contributed by atoms with E-state index < -0.39 is 22.1 Å². The Hall–Kier alpha value is -1.68. The zero-order valence-electron chi connectivity index (χ0n) is 19.8. The lowest BCUT2D eigenvalue weighted by Crippen LogP contribution is -2.56. The Morgan fingerprint density at radius 1 is 1.24 bits per heavy atom. The molecular weight excluding hydrogens is 478 g/mol. The van der Waals surface area contributed by atoms with Gasteiger partial charge in [0.25, 0.3) is 0 Å². The maximum atomic E-state index is 13.3. The van der Waals surface area contributed by atoms with Crippen molar-refractivity contribution in [3.05, 3.63) is 34.3 Å². The van der Waals surface area contributed by atoms with Gasteiger partial charge in [0.15, 0.2) is 0 Å². The largest absolute Gasteiger partial charge is 0.378 e. The quantitative estimate of drug-likeness (QED) is 0.577. The summed E-state index contributed by atoms with van der Waals surface area (Å²) >= 11 is 6.07. The van der Waals surface area contributed by atoms with E-state index in [0.29, 0.717) is 44.3 Å². The van der Waals surface area contributed by atoms with E-state index in [9.17, 15) is 18.0 Å². The summed E-state index contributed by atoms with van der Waals surface area (Å²) in [5, 5.41) is 0.652. The summed E-state index contributed by atoms with van der Waals surface area (Å²) in [4.78, 5) is 30.0. The number of amides is 2. The van der Waals surface area contributed by atoms with Crippen LogP contribution in [0.1, 0.15) is 50.2 Å². The van der Waals surface area contributed by atoms with Gasteiger partial charge in [0, 0.05) is 24.7 Å². The maximum absolute atomic E-state index is 13.3. The van der Waals surface area contributed by atoms with Gasteiger partial charge < -0.3 is 14.5 Å². The highest BCUT2D eigenvalue weighted by atomic mass is 35.5. The molecule has 2 saturated heterocycles. The monoisotopic (exact) mass is 511 g/mol. The first-order chi connectivity index (χ1) is 16.2. The maximum Gasteiger partial charge on any atom is 0.245 e. The fourth-order valence-electron chi connectivity index (χ4n) is 5.34. The number of hydrogen-bond donors (Lipinski definition) is 1. The summed E-state index contributed by atoms with van der Waals surface area (Å²) in [6.07, 6.45) is 2.64. The van der Waals surface area contributed by atoms with Crippen LogP contribution >= 0.6 is 11.6 Å². The fourth-order valence-corrected chi connectivity index (χ4v) is 7.16. The number of rotatable bonds is 8. The molecule has 3 aliphatic rings. The number of morpholine rings is 1. The smallest absolute Gasteiger partial charge is 0.245 e. The minimum Gasteiger partial charge on any atom is -0.378 e. The minimum atomic E-state index is -3.69. The topological polar surface area (TPSA) is 96.0 Å². The van der Waals surface area contributed by atoms with Crippen LogP contribution in [0.25, 0.3) is 0 Å². The van der Waals surface area contributed by atoms with Crippen molar-refractivity contribution >= 4 is 33.4 Å². The molecule has 0 spiro atoms. The number of carbonyl (C=O) groups is 2. The lowest BCUT2D eigenvalue weighted by molar-refractivity contribution is -0.149. The van der Waals surface area contributed by atoms with Crippen LogP contribution in [0.3, 0.4) is 0 Å². The molecule has 4 atom stereocenters. The van der Waals surface area contributed by atoms with Gasteiger partial charge in [-0.2, -0.15) is 0 Å². The highest BCUT2D eigenvalue weighted by Gasteiger charge is 2.44. The minimum absolute atomic E-state index is 0.0310. The van der Waals surface area contributed by atoms with Crippen molar-refractivity contribution in [1.82, 2.24) is 14.5 Å². The molecule has 34 heavy (non-hydrogen) atoms. The first kappa shape index (κ1) is 25.4. The summed E-state index contributed by atoms with van der Waals surface area (Å²) in [5.41, 5.74) is 2.11. The molecular formula is C24H34ClN3O5S. The van der Waals surface area contributed by atoms with E-state index in [4.69, 9.17) is 16.3 Å². The Morgan fingerprint density at radius 2 is 1.97 bits per heavy atom. The molecule has 1 unspecified atom stereocenters. The predicted octanol–water partition coefficient (Wildman–Crippen LogP) is 2.16. The zero-order chi connectivity index (χ0) is 24.5. The van der Waals surface area contributed by atoms with Crippen molar-refractivity contribution in [3.63, 3.8) is 0 Å². The second-order valence-electron chi connectivity index (χ2n) is 9.62. The summed E-state index contributed by atoms with van der Waals surface area (Å²) in [7, 11) is -3.69. The second-order valence-corrected chi connectivity index (χ2v) is 11.9. The van der Waals surface area contributed by atoms with Gasteiger partial charge in [-0.3, -0.25) is 9.59 Å². The molecule has 2 fully saturated rings. The van der Waals surface area contributed by atoms with Crippen LogP contribution in [0.4, 0.5) is 0 Å². The summed E-state index contributed by atoms with van der Waals surface area (Å²) in [5.74, 6) is -0.596. The average molecular weight is 512 g/mol. The lowest BCUT2D eigenvalue weighted by atomic mass is 9.96. The van der Waals surface area contributed by atoms with E-state index >= 15 is 0 Å². The van der Waals surface area contributed by atoms with Gasteiger partial charge in [0.05, 0.1) is 19.0 Å². The highest BCUT2D eigenvalue weighted by molar-refractivity contribution is 7.89. The Kier molecular flexibility index (Phi) is 7.86. The van der Waals surface area contributed by atoms with E-state index in [-0.39, 0.29) is 29.4 Å². The SMILES string of the molecule is CC[C@H](C)[C@@H](C(=O)N1CCOCC1)N1CC[C@H](NS(=O)(=O)CC2CCc3cc(Cl)ccc32)C1=O. The van der Waals surface area contributed by atoms with Crippen molar-refractivity contribution < 1.29 is 22.7 Å². The van der Waals surface area contributed by atoms with Gasteiger partial charge in [-0.05, 0) is 54.4 Å². The van der Waals surface area contributed by atoms with Gasteiger partial charge in [-0.1, -0.05) is 37.9 Å². The Morgan fingerprint density at radius 3 is 2.68 bits per heavy atom. The van der Waals surface area contributed by atoms with E-state index in [1.165, 1.54) is 0 Å². The van der Waals surface area contributed by atoms with Gasteiger partial charge in [-0.25, -0.2) is 13.1 Å².